The van der Waals surface area contributed by atoms with Gasteiger partial charge < -0.3 is 0 Å². The van der Waals surface area contributed by atoms with E-state index >= 15 is 0 Å². The van der Waals surface area contributed by atoms with Crippen molar-refractivity contribution in [1.29, 1.82) is 0 Å². The lowest BCUT2D eigenvalue weighted by Crippen LogP contribution is -2.25. The molecule has 4 aliphatic rings. The van der Waals surface area contributed by atoms with E-state index in [2.05, 4.69) is 127 Å². The first-order valence-corrected chi connectivity index (χ1v) is 12.6. The van der Waals surface area contributed by atoms with Crippen LogP contribution in [0.25, 0.3) is 27.8 Å². The molecule has 1 spiro atoms. The molecule has 0 heterocycles. The number of allylic oxidation sites excluding steroid dienone is 8. The number of fused-ring (bicyclic) bond motifs is 11. The van der Waals surface area contributed by atoms with Crippen molar-refractivity contribution in [2.24, 2.45) is 5.92 Å². The predicted molar refractivity (Wildman–Crippen MR) is 145 cm³/mol. The molecule has 0 heteroatoms. The molecule has 4 aromatic carbocycles. The largest absolute Gasteiger partial charge is 0.0767 e. The number of hydrogen-bond acceptors (Lipinski definition) is 0. The van der Waals surface area contributed by atoms with E-state index < -0.39 is 0 Å². The van der Waals surface area contributed by atoms with Crippen molar-refractivity contribution in [3.63, 3.8) is 0 Å². The molecule has 0 aromatic heterocycles. The Hall–Kier alpha value is -4.16. The molecule has 1 atom stereocenters. The van der Waals surface area contributed by atoms with Crippen molar-refractivity contribution >= 4 is 5.57 Å². The minimum atomic E-state index is -0.265. The number of hydrogen-bond donors (Lipinski definition) is 0. The van der Waals surface area contributed by atoms with Gasteiger partial charge in [-0.1, -0.05) is 127 Å². The van der Waals surface area contributed by atoms with E-state index in [1.165, 1.54) is 61.2 Å². The highest BCUT2D eigenvalue weighted by molar-refractivity contribution is 5.98. The smallest absolute Gasteiger partial charge is 0.0725 e. The summed E-state index contributed by atoms with van der Waals surface area (Å²) >= 11 is 0. The van der Waals surface area contributed by atoms with Crippen LogP contribution in [0.2, 0.25) is 0 Å². The molecule has 0 N–H and O–H groups in total. The van der Waals surface area contributed by atoms with Crippen molar-refractivity contribution in [2.75, 3.05) is 0 Å². The Morgan fingerprint density at radius 2 is 1.14 bits per heavy atom. The molecule has 0 aliphatic heterocycles. The lowest BCUT2D eigenvalue weighted by atomic mass is 9.70. The van der Waals surface area contributed by atoms with Gasteiger partial charge in [0.05, 0.1) is 5.41 Å². The molecule has 1 unspecified atom stereocenters. The maximum atomic E-state index is 2.38. The summed E-state index contributed by atoms with van der Waals surface area (Å²) in [5.74, 6) is 0.467. The first-order chi connectivity index (χ1) is 17.4. The summed E-state index contributed by atoms with van der Waals surface area (Å²) in [6.45, 7) is 0. The molecular formula is C35H24. The number of benzene rings is 4. The third-order valence-corrected chi connectivity index (χ3v) is 8.46. The fraction of sp³-hybridized carbons (Fsp3) is 0.0857. The Labute approximate surface area is 206 Å². The maximum absolute atomic E-state index is 2.38. The zero-order chi connectivity index (χ0) is 23.0. The lowest BCUT2D eigenvalue weighted by molar-refractivity contribution is 0.788. The molecule has 4 aromatic rings. The first kappa shape index (κ1) is 19.2. The van der Waals surface area contributed by atoms with Crippen molar-refractivity contribution in [1.82, 2.24) is 0 Å². The van der Waals surface area contributed by atoms with E-state index in [0.29, 0.717) is 5.92 Å². The molecule has 8 rings (SSSR count). The van der Waals surface area contributed by atoms with Crippen LogP contribution in [-0.4, -0.2) is 0 Å². The Bertz CT molecular complexity index is 1620. The molecule has 0 saturated heterocycles. The van der Waals surface area contributed by atoms with Gasteiger partial charge in [-0.2, -0.15) is 0 Å². The SMILES string of the molecule is C1=CC2=CC=C(c3cccc4c3-c3ccccc3C43c4ccccc4-c4ccccc43)CC2C=C1. The van der Waals surface area contributed by atoms with Gasteiger partial charge in [0.25, 0.3) is 0 Å². The molecule has 0 saturated carbocycles. The summed E-state index contributed by atoms with van der Waals surface area (Å²) in [5, 5.41) is 0. The third kappa shape index (κ3) is 2.37. The molecule has 4 aliphatic carbocycles. The van der Waals surface area contributed by atoms with Crippen LogP contribution < -0.4 is 0 Å². The van der Waals surface area contributed by atoms with Crippen molar-refractivity contribution < 1.29 is 0 Å². The van der Waals surface area contributed by atoms with E-state index in [1.54, 1.807) is 0 Å². The van der Waals surface area contributed by atoms with E-state index in [0.717, 1.165) is 6.42 Å². The topological polar surface area (TPSA) is 0 Å². The second-order valence-corrected chi connectivity index (χ2v) is 10.0. The summed E-state index contributed by atoms with van der Waals surface area (Å²) in [5.41, 5.74) is 15.1. The van der Waals surface area contributed by atoms with E-state index in [1.807, 2.05) is 0 Å². The van der Waals surface area contributed by atoms with Gasteiger partial charge in [0.2, 0.25) is 0 Å². The monoisotopic (exact) mass is 444 g/mol. The van der Waals surface area contributed by atoms with Crippen molar-refractivity contribution in [3.8, 4) is 22.3 Å². The first-order valence-electron chi connectivity index (χ1n) is 12.6. The fourth-order valence-corrected chi connectivity index (χ4v) is 7.08. The normalized spacial score (nSPS) is 19.4. The zero-order valence-corrected chi connectivity index (χ0v) is 19.4. The van der Waals surface area contributed by atoms with Gasteiger partial charge in [-0.05, 0) is 67.6 Å². The molecule has 0 fully saturated rings. The second-order valence-electron chi connectivity index (χ2n) is 10.0. The predicted octanol–water partition coefficient (Wildman–Crippen LogP) is 8.49. The summed E-state index contributed by atoms with van der Waals surface area (Å²) in [6, 6.07) is 34.2. The summed E-state index contributed by atoms with van der Waals surface area (Å²) in [4.78, 5) is 0. The summed E-state index contributed by atoms with van der Waals surface area (Å²) in [7, 11) is 0. The highest BCUT2D eigenvalue weighted by Gasteiger charge is 2.51. The van der Waals surface area contributed by atoms with Crippen LogP contribution in [0, 0.1) is 5.92 Å². The molecule has 35 heavy (non-hydrogen) atoms. The molecule has 0 amide bonds. The average Bonchev–Trinajstić information content (AvgIpc) is 3.40. The van der Waals surface area contributed by atoms with Crippen LogP contribution in [-0.2, 0) is 5.41 Å². The standard InChI is InChI=1S/C35H24/c1-2-11-24-22-25(21-20-23(24)10-1)26-15-9-19-33-34(26)29-14-5-8-18-32(29)35(33)30-16-6-3-12-27(30)28-13-4-7-17-31(28)35/h1-21,24H,22H2. The van der Waals surface area contributed by atoms with E-state index in [4.69, 9.17) is 0 Å². The van der Waals surface area contributed by atoms with Gasteiger partial charge >= 0.3 is 0 Å². The van der Waals surface area contributed by atoms with Crippen LogP contribution >= 0.6 is 0 Å². The Morgan fingerprint density at radius 1 is 0.543 bits per heavy atom. The van der Waals surface area contributed by atoms with E-state index in [-0.39, 0.29) is 5.41 Å². The van der Waals surface area contributed by atoms with Crippen LogP contribution in [0.15, 0.2) is 133 Å². The minimum Gasteiger partial charge on any atom is -0.0767 e. The van der Waals surface area contributed by atoms with Crippen LogP contribution in [0.4, 0.5) is 0 Å². The molecule has 0 nitrogen and oxygen atoms in total. The molecular weight excluding hydrogens is 420 g/mol. The zero-order valence-electron chi connectivity index (χ0n) is 19.4. The van der Waals surface area contributed by atoms with Gasteiger partial charge in [0, 0.05) is 5.92 Å². The van der Waals surface area contributed by atoms with Crippen LogP contribution in [0.3, 0.4) is 0 Å². The van der Waals surface area contributed by atoms with Crippen molar-refractivity contribution in [2.45, 2.75) is 11.8 Å². The van der Waals surface area contributed by atoms with Crippen LogP contribution in [0.1, 0.15) is 34.2 Å². The Kier molecular flexibility index (Phi) is 3.80. The molecule has 0 bridgehead atoms. The Morgan fingerprint density at radius 3 is 1.89 bits per heavy atom. The quantitative estimate of drug-likeness (QED) is 0.238. The minimum absolute atomic E-state index is 0.265. The van der Waals surface area contributed by atoms with Crippen LogP contribution in [0.5, 0.6) is 0 Å². The number of rotatable bonds is 1. The van der Waals surface area contributed by atoms with Gasteiger partial charge in [0.15, 0.2) is 0 Å². The highest BCUT2D eigenvalue weighted by atomic mass is 14.5. The van der Waals surface area contributed by atoms with Crippen molar-refractivity contribution in [3.05, 3.63) is 161 Å². The molecule has 164 valence electrons. The van der Waals surface area contributed by atoms with E-state index in [9.17, 15) is 0 Å². The Balaban J connectivity index is 1.46. The van der Waals surface area contributed by atoms with Gasteiger partial charge in [0.1, 0.15) is 0 Å². The lowest BCUT2D eigenvalue weighted by Gasteiger charge is -2.30. The summed E-state index contributed by atoms with van der Waals surface area (Å²) in [6.07, 6.45) is 14.7. The fourth-order valence-electron chi connectivity index (χ4n) is 7.08. The maximum Gasteiger partial charge on any atom is 0.0725 e. The summed E-state index contributed by atoms with van der Waals surface area (Å²) < 4.78 is 0. The van der Waals surface area contributed by atoms with Gasteiger partial charge in [-0.25, -0.2) is 0 Å². The third-order valence-electron chi connectivity index (χ3n) is 8.46. The average molecular weight is 445 g/mol. The molecule has 0 radical (unpaired) electrons. The second kappa shape index (κ2) is 6.93. The van der Waals surface area contributed by atoms with Gasteiger partial charge in [-0.3, -0.25) is 0 Å². The highest BCUT2D eigenvalue weighted by Crippen LogP contribution is 2.63. The van der Waals surface area contributed by atoms with Gasteiger partial charge in [-0.15, -0.1) is 0 Å².